The molecule has 4 aromatic carbocycles. The number of nitrogens with one attached hydrogen (secondary N) is 1. The molecule has 11 heteroatoms. The van der Waals surface area contributed by atoms with Crippen LogP contribution in [0.4, 0.5) is 23.4 Å². The first-order valence-electron chi connectivity index (χ1n) is 15.0. The van der Waals surface area contributed by atoms with Crippen LogP contribution in [-0.2, 0) is 17.6 Å². The number of amides is 2. The summed E-state index contributed by atoms with van der Waals surface area (Å²) >= 11 is 0. The van der Waals surface area contributed by atoms with Crippen molar-refractivity contribution in [2.75, 3.05) is 11.4 Å². The highest BCUT2D eigenvalue weighted by molar-refractivity contribution is 6.05. The molecule has 2 heterocycles. The van der Waals surface area contributed by atoms with Gasteiger partial charge in [0.05, 0.1) is 16.9 Å². The summed E-state index contributed by atoms with van der Waals surface area (Å²) in [6, 6.07) is 25.3. The minimum absolute atomic E-state index is 0.202. The fourth-order valence-corrected chi connectivity index (χ4v) is 5.90. The van der Waals surface area contributed by atoms with Crippen LogP contribution in [0.25, 0.3) is 5.69 Å². The summed E-state index contributed by atoms with van der Waals surface area (Å²) in [6.45, 7) is 4.10. The molecule has 5 aromatic rings. The van der Waals surface area contributed by atoms with Gasteiger partial charge in [-0.25, -0.2) is 9.07 Å². The number of alkyl halides is 3. The lowest BCUT2D eigenvalue weighted by Crippen LogP contribution is -2.55. The molecule has 47 heavy (non-hydrogen) atoms. The number of benzene rings is 4. The highest BCUT2D eigenvalue weighted by Crippen LogP contribution is 2.43. The van der Waals surface area contributed by atoms with Crippen LogP contribution in [0.1, 0.15) is 51.1 Å². The van der Waals surface area contributed by atoms with E-state index in [1.54, 1.807) is 18.5 Å². The van der Waals surface area contributed by atoms with Crippen LogP contribution in [0, 0.1) is 12.7 Å². The number of ether oxygens (including phenoxy) is 1. The Morgan fingerprint density at radius 2 is 1.66 bits per heavy atom. The van der Waals surface area contributed by atoms with Gasteiger partial charge in [-0.15, -0.1) is 0 Å². The second-order valence-electron chi connectivity index (χ2n) is 11.1. The molecule has 2 atom stereocenters. The Hall–Kier alpha value is -5.45. The molecule has 2 amide bonds. The van der Waals surface area contributed by atoms with E-state index in [9.17, 15) is 27.2 Å². The smallest absolute Gasteiger partial charge is 0.416 e. The largest absolute Gasteiger partial charge is 0.489 e. The Labute approximate surface area is 268 Å². The molecule has 0 saturated heterocycles. The van der Waals surface area contributed by atoms with Crippen molar-refractivity contribution in [1.82, 2.24) is 15.1 Å². The molecule has 7 nitrogen and oxygen atoms in total. The zero-order valence-electron chi connectivity index (χ0n) is 25.5. The van der Waals surface area contributed by atoms with Gasteiger partial charge >= 0.3 is 6.18 Å². The van der Waals surface area contributed by atoms with Gasteiger partial charge < -0.3 is 10.1 Å². The van der Waals surface area contributed by atoms with Crippen molar-refractivity contribution in [3.63, 3.8) is 0 Å². The van der Waals surface area contributed by atoms with Gasteiger partial charge in [0.1, 0.15) is 30.0 Å². The fourth-order valence-electron chi connectivity index (χ4n) is 5.90. The van der Waals surface area contributed by atoms with E-state index in [2.05, 4.69) is 5.32 Å². The van der Waals surface area contributed by atoms with E-state index in [4.69, 9.17) is 9.84 Å². The van der Waals surface area contributed by atoms with Crippen molar-refractivity contribution in [3.05, 3.63) is 142 Å². The Morgan fingerprint density at radius 1 is 0.936 bits per heavy atom. The van der Waals surface area contributed by atoms with E-state index in [0.29, 0.717) is 40.7 Å². The van der Waals surface area contributed by atoms with Gasteiger partial charge in [-0.3, -0.25) is 14.5 Å². The number of hydrogen-bond donors (Lipinski definition) is 1. The van der Waals surface area contributed by atoms with Crippen molar-refractivity contribution in [3.8, 4) is 11.4 Å². The van der Waals surface area contributed by atoms with Crippen molar-refractivity contribution in [2.24, 2.45) is 0 Å². The maximum absolute atomic E-state index is 14.3. The number of aromatic nitrogens is 2. The van der Waals surface area contributed by atoms with E-state index >= 15 is 0 Å². The Bertz CT molecular complexity index is 1920. The summed E-state index contributed by atoms with van der Waals surface area (Å²) < 4.78 is 62.0. The topological polar surface area (TPSA) is 76.5 Å². The molecule has 0 spiro atoms. The van der Waals surface area contributed by atoms with Gasteiger partial charge in [0.15, 0.2) is 0 Å². The van der Waals surface area contributed by atoms with Crippen molar-refractivity contribution >= 4 is 17.6 Å². The summed E-state index contributed by atoms with van der Waals surface area (Å²) in [5, 5.41) is 7.52. The zero-order valence-corrected chi connectivity index (χ0v) is 25.5. The molecule has 6 rings (SSSR count). The predicted molar refractivity (Wildman–Crippen MR) is 168 cm³/mol. The molecule has 0 aliphatic carbocycles. The Kier molecular flexibility index (Phi) is 8.55. The molecule has 0 bridgehead atoms. The first-order valence-corrected chi connectivity index (χ1v) is 15.0. The number of likely N-dealkylation sites (N-methyl/N-ethyl adjacent to an activating group) is 1. The minimum Gasteiger partial charge on any atom is -0.489 e. The second-order valence-corrected chi connectivity index (χ2v) is 11.1. The van der Waals surface area contributed by atoms with Gasteiger partial charge in [-0.2, -0.15) is 18.3 Å². The van der Waals surface area contributed by atoms with Crippen molar-refractivity contribution < 1.29 is 31.9 Å². The van der Waals surface area contributed by atoms with E-state index < -0.39 is 41.3 Å². The third kappa shape index (κ3) is 6.33. The van der Waals surface area contributed by atoms with Crippen LogP contribution in [0.15, 0.2) is 103 Å². The minimum atomic E-state index is -4.66. The summed E-state index contributed by atoms with van der Waals surface area (Å²) in [4.78, 5) is 29.2. The molecule has 0 radical (unpaired) electrons. The average Bonchev–Trinajstić information content (AvgIpc) is 3.41. The number of nitrogens with zero attached hydrogens (tertiary/aromatic N) is 3. The van der Waals surface area contributed by atoms with E-state index in [1.165, 1.54) is 35.2 Å². The third-order valence-electron chi connectivity index (χ3n) is 8.11. The van der Waals surface area contributed by atoms with Gasteiger partial charge in [-0.05, 0) is 67.4 Å². The van der Waals surface area contributed by atoms with Gasteiger partial charge in [0.2, 0.25) is 0 Å². The number of halogens is 4. The number of carbonyl (C=O) groups is 2. The number of hydrogen-bond acceptors (Lipinski definition) is 4. The lowest BCUT2D eigenvalue weighted by molar-refractivity contribution is -0.137. The molecule has 1 N–H and O–H groups in total. The first kappa shape index (κ1) is 31.5. The van der Waals surface area contributed by atoms with Crippen molar-refractivity contribution in [1.29, 1.82) is 0 Å². The molecule has 240 valence electrons. The summed E-state index contributed by atoms with van der Waals surface area (Å²) in [7, 11) is 0. The van der Waals surface area contributed by atoms with Crippen LogP contribution in [0.5, 0.6) is 5.75 Å². The standard InChI is InChI=1S/C36H30F4N4O3/c1-3-43-34-30(22(2)42-44(34)28-13-8-14-29(20-28)47-21-23-9-5-4-6-10-23)31(24-15-17-27(37)18-16-24)32(35(43)46)41-33(45)25-11-7-12-26(19-25)36(38,39)40/h4-20,31-32H,3,21H2,1-2H3,(H,41,45). The molecule has 1 aliphatic heterocycles. The van der Waals surface area contributed by atoms with Gasteiger partial charge in [0, 0.05) is 29.7 Å². The van der Waals surface area contributed by atoms with E-state index in [-0.39, 0.29) is 12.1 Å². The zero-order chi connectivity index (χ0) is 33.3. The van der Waals surface area contributed by atoms with Crippen LogP contribution in [0.3, 0.4) is 0 Å². The molecule has 0 fully saturated rings. The van der Waals surface area contributed by atoms with Crippen LogP contribution < -0.4 is 15.0 Å². The quantitative estimate of drug-likeness (QED) is 0.182. The molecular formula is C36H30F4N4O3. The first-order chi connectivity index (χ1) is 22.5. The number of rotatable bonds is 8. The van der Waals surface area contributed by atoms with E-state index in [0.717, 1.165) is 23.8 Å². The van der Waals surface area contributed by atoms with Gasteiger partial charge in [0.25, 0.3) is 11.8 Å². The molecule has 0 saturated carbocycles. The molecular weight excluding hydrogens is 612 g/mol. The maximum atomic E-state index is 14.3. The third-order valence-corrected chi connectivity index (χ3v) is 8.11. The highest BCUT2D eigenvalue weighted by atomic mass is 19.4. The summed E-state index contributed by atoms with van der Waals surface area (Å²) in [5.41, 5.74) is 2.06. The van der Waals surface area contributed by atoms with Crippen molar-refractivity contribution in [2.45, 2.75) is 38.6 Å². The maximum Gasteiger partial charge on any atom is 0.416 e. The molecule has 1 aliphatic rings. The Morgan fingerprint density at radius 3 is 2.36 bits per heavy atom. The normalized spacial score (nSPS) is 16.1. The van der Waals surface area contributed by atoms with E-state index in [1.807, 2.05) is 54.6 Å². The lowest BCUT2D eigenvalue weighted by atomic mass is 9.81. The Balaban J connectivity index is 1.42. The van der Waals surface area contributed by atoms with Gasteiger partial charge in [-0.1, -0.05) is 54.6 Å². The number of anilines is 1. The summed E-state index contributed by atoms with van der Waals surface area (Å²) in [5.74, 6) is -1.62. The lowest BCUT2D eigenvalue weighted by Gasteiger charge is -2.38. The van der Waals surface area contributed by atoms with Crippen LogP contribution in [0.2, 0.25) is 0 Å². The molecule has 1 aromatic heterocycles. The second kappa shape index (κ2) is 12.7. The number of fused-ring (bicyclic) bond motifs is 1. The summed E-state index contributed by atoms with van der Waals surface area (Å²) in [6.07, 6.45) is -4.66. The fraction of sp³-hybridized carbons (Fsp3) is 0.194. The molecule has 2 unspecified atom stereocenters. The van der Waals surface area contributed by atoms with Crippen LogP contribution in [-0.4, -0.2) is 34.2 Å². The number of carbonyl (C=O) groups excluding carboxylic acids is 2. The average molecular weight is 643 g/mol. The number of aryl methyl sites for hydroxylation is 1. The SMILES string of the molecule is CCN1C(=O)C(NC(=O)c2cccc(C(F)(F)F)c2)C(c2ccc(F)cc2)c2c(C)nn(-c3cccc(OCc4ccccc4)c3)c21. The monoisotopic (exact) mass is 642 g/mol. The highest BCUT2D eigenvalue weighted by Gasteiger charge is 2.45. The predicted octanol–water partition coefficient (Wildman–Crippen LogP) is 7.21. The van der Waals surface area contributed by atoms with Crippen LogP contribution >= 0.6 is 0 Å².